The van der Waals surface area contributed by atoms with Crippen LogP contribution in [0.1, 0.15) is 12.1 Å². The highest BCUT2D eigenvalue weighted by molar-refractivity contribution is 9.10. The average molecular weight is 357 g/mol. The molecule has 0 aliphatic carbocycles. The number of fused-ring (bicyclic) bond motifs is 1. The Labute approximate surface area is 128 Å². The monoisotopic (exact) mass is 356 g/mol. The van der Waals surface area contributed by atoms with Gasteiger partial charge in [-0.25, -0.2) is 4.98 Å². The molecule has 0 bridgehead atoms. The van der Waals surface area contributed by atoms with Gasteiger partial charge in [0.15, 0.2) is 0 Å². The van der Waals surface area contributed by atoms with Crippen molar-refractivity contribution < 1.29 is 9.53 Å². The summed E-state index contributed by atoms with van der Waals surface area (Å²) >= 11 is 4.87. The number of aromatic nitrogens is 2. The van der Waals surface area contributed by atoms with Gasteiger partial charge in [-0.2, -0.15) is 11.8 Å². The highest BCUT2D eigenvalue weighted by Gasteiger charge is 2.04. The predicted molar refractivity (Wildman–Crippen MR) is 82.0 cm³/mol. The van der Waals surface area contributed by atoms with Gasteiger partial charge >= 0.3 is 5.97 Å². The Bertz CT molecular complexity index is 687. The molecule has 0 unspecified atom stereocenters. The molecule has 20 heavy (non-hydrogen) atoms. The normalized spacial score (nSPS) is 10.7. The minimum atomic E-state index is -0.228. The van der Waals surface area contributed by atoms with Crippen LogP contribution in [0.3, 0.4) is 0 Å². The van der Waals surface area contributed by atoms with Crippen molar-refractivity contribution >= 4 is 39.3 Å². The Morgan fingerprint density at radius 1 is 1.50 bits per heavy atom. The molecule has 2 rings (SSSR count). The van der Waals surface area contributed by atoms with E-state index in [2.05, 4.69) is 25.7 Å². The smallest absolute Gasteiger partial charge is 0.306 e. The van der Waals surface area contributed by atoms with Gasteiger partial charge in [-0.1, -0.05) is 0 Å². The lowest BCUT2D eigenvalue weighted by atomic mass is 10.4. The summed E-state index contributed by atoms with van der Waals surface area (Å²) in [7, 11) is 1.37. The average Bonchev–Trinajstić information content (AvgIpc) is 2.44. The van der Waals surface area contributed by atoms with Gasteiger partial charge in [0.25, 0.3) is 5.56 Å². The topological polar surface area (TPSA) is 60.7 Å². The molecule has 0 aromatic carbocycles. The van der Waals surface area contributed by atoms with Gasteiger partial charge in [0, 0.05) is 28.2 Å². The number of hydrogen-bond donors (Lipinski definition) is 0. The van der Waals surface area contributed by atoms with Gasteiger partial charge in [0.05, 0.1) is 19.2 Å². The fourth-order valence-electron chi connectivity index (χ4n) is 1.63. The second kappa shape index (κ2) is 6.90. The summed E-state index contributed by atoms with van der Waals surface area (Å²) in [5, 5.41) is 0. The second-order valence-corrected chi connectivity index (χ2v) is 6.06. The van der Waals surface area contributed by atoms with Crippen LogP contribution >= 0.6 is 27.7 Å². The van der Waals surface area contributed by atoms with E-state index in [-0.39, 0.29) is 11.5 Å². The molecule has 0 amide bonds. The molecule has 0 fully saturated rings. The molecule has 2 heterocycles. The summed E-state index contributed by atoms with van der Waals surface area (Å²) < 4.78 is 6.89. The molecular formula is C13H13BrN2O3S. The van der Waals surface area contributed by atoms with Gasteiger partial charge in [0.2, 0.25) is 0 Å². The van der Waals surface area contributed by atoms with E-state index in [9.17, 15) is 9.59 Å². The molecule has 0 aliphatic rings. The van der Waals surface area contributed by atoms with E-state index in [0.717, 1.165) is 4.47 Å². The van der Waals surface area contributed by atoms with Crippen LogP contribution in [0.25, 0.3) is 5.65 Å². The molecular weight excluding hydrogens is 344 g/mol. The van der Waals surface area contributed by atoms with Crippen molar-refractivity contribution in [2.75, 3.05) is 12.9 Å². The van der Waals surface area contributed by atoms with Crippen molar-refractivity contribution in [1.82, 2.24) is 9.38 Å². The lowest BCUT2D eigenvalue weighted by molar-refractivity contribution is -0.140. The Balaban J connectivity index is 2.06. The van der Waals surface area contributed by atoms with Crippen LogP contribution in [0.2, 0.25) is 0 Å². The molecule has 0 saturated heterocycles. The number of thioether (sulfide) groups is 1. The summed E-state index contributed by atoms with van der Waals surface area (Å²) in [6.45, 7) is 0. The van der Waals surface area contributed by atoms with Crippen molar-refractivity contribution in [3.05, 3.63) is 44.9 Å². The van der Waals surface area contributed by atoms with Crippen LogP contribution in [0.15, 0.2) is 33.7 Å². The number of nitrogens with zero attached hydrogens (tertiary/aromatic N) is 2. The molecule has 0 N–H and O–H groups in total. The Kier molecular flexibility index (Phi) is 5.19. The van der Waals surface area contributed by atoms with Crippen molar-refractivity contribution in [1.29, 1.82) is 0 Å². The molecule has 106 valence electrons. The summed E-state index contributed by atoms with van der Waals surface area (Å²) in [6.07, 6.45) is 2.06. The van der Waals surface area contributed by atoms with E-state index in [1.807, 2.05) is 6.07 Å². The zero-order valence-corrected chi connectivity index (χ0v) is 13.2. The molecule has 0 spiro atoms. The number of carbonyl (C=O) groups is 1. The SMILES string of the molecule is COC(=O)CCSCc1cc(=O)n2cc(Br)ccc2n1. The predicted octanol–water partition coefficient (Wildman–Crippen LogP) is 2.25. The number of halogens is 1. The number of methoxy groups -OCH3 is 1. The highest BCUT2D eigenvalue weighted by Crippen LogP contribution is 2.13. The maximum Gasteiger partial charge on any atom is 0.306 e. The molecule has 0 radical (unpaired) electrons. The summed E-state index contributed by atoms with van der Waals surface area (Å²) in [5.41, 5.74) is 1.22. The quantitative estimate of drug-likeness (QED) is 0.607. The van der Waals surface area contributed by atoms with Gasteiger partial charge in [-0.05, 0) is 28.1 Å². The minimum Gasteiger partial charge on any atom is -0.469 e. The third-order valence-corrected chi connectivity index (χ3v) is 4.07. The third-order valence-electron chi connectivity index (χ3n) is 2.60. The van der Waals surface area contributed by atoms with Crippen LogP contribution in [0.5, 0.6) is 0 Å². The number of esters is 1. The second-order valence-electron chi connectivity index (χ2n) is 4.04. The van der Waals surface area contributed by atoms with E-state index in [1.54, 1.807) is 24.0 Å². The summed E-state index contributed by atoms with van der Waals surface area (Å²) in [4.78, 5) is 27.4. The molecule has 7 heteroatoms. The maximum absolute atomic E-state index is 12.0. The Hall–Kier alpha value is -1.34. The van der Waals surface area contributed by atoms with E-state index in [0.29, 0.717) is 29.3 Å². The maximum atomic E-state index is 12.0. The van der Waals surface area contributed by atoms with E-state index >= 15 is 0 Å². The van der Waals surface area contributed by atoms with Gasteiger partial charge in [0.1, 0.15) is 5.65 Å². The first-order valence-corrected chi connectivity index (χ1v) is 7.87. The van der Waals surface area contributed by atoms with Gasteiger partial charge in [-0.15, -0.1) is 0 Å². The zero-order chi connectivity index (χ0) is 14.5. The lowest BCUT2D eigenvalue weighted by Crippen LogP contribution is -2.15. The number of ether oxygens (including phenoxy) is 1. The molecule has 2 aromatic heterocycles. The van der Waals surface area contributed by atoms with Gasteiger partial charge < -0.3 is 4.74 Å². The van der Waals surface area contributed by atoms with Crippen LogP contribution in [0, 0.1) is 0 Å². The van der Waals surface area contributed by atoms with Crippen molar-refractivity contribution in [2.45, 2.75) is 12.2 Å². The largest absolute Gasteiger partial charge is 0.469 e. The van der Waals surface area contributed by atoms with Crippen molar-refractivity contribution in [3.8, 4) is 0 Å². The number of rotatable bonds is 5. The van der Waals surface area contributed by atoms with Crippen LogP contribution in [-0.4, -0.2) is 28.2 Å². The molecule has 0 saturated carbocycles. The summed E-state index contributed by atoms with van der Waals surface area (Å²) in [6, 6.07) is 5.15. The molecule has 0 atom stereocenters. The molecule has 5 nitrogen and oxygen atoms in total. The van der Waals surface area contributed by atoms with E-state index < -0.39 is 0 Å². The summed E-state index contributed by atoms with van der Waals surface area (Å²) in [5.74, 6) is 1.02. The van der Waals surface area contributed by atoms with Crippen LogP contribution in [-0.2, 0) is 15.3 Å². The lowest BCUT2D eigenvalue weighted by Gasteiger charge is -2.04. The Morgan fingerprint density at radius 2 is 2.30 bits per heavy atom. The first-order valence-electron chi connectivity index (χ1n) is 5.92. The van der Waals surface area contributed by atoms with Crippen molar-refractivity contribution in [3.63, 3.8) is 0 Å². The molecule has 2 aromatic rings. The number of pyridine rings is 1. The fraction of sp³-hybridized carbons (Fsp3) is 0.308. The first-order chi connectivity index (χ1) is 9.60. The van der Waals surface area contributed by atoms with Gasteiger partial charge in [-0.3, -0.25) is 14.0 Å². The van der Waals surface area contributed by atoms with E-state index in [4.69, 9.17) is 0 Å². The number of hydrogen-bond acceptors (Lipinski definition) is 5. The van der Waals surface area contributed by atoms with Crippen molar-refractivity contribution in [2.24, 2.45) is 0 Å². The number of carbonyl (C=O) groups excluding carboxylic acids is 1. The minimum absolute atomic E-state index is 0.111. The standard InChI is InChI=1S/C13H13BrN2O3S/c1-19-13(18)4-5-20-8-10-6-12(17)16-7-9(14)2-3-11(16)15-10/h2-3,6-7H,4-5,8H2,1H3. The van der Waals surface area contributed by atoms with E-state index in [1.165, 1.54) is 17.6 Å². The third kappa shape index (κ3) is 3.83. The van der Waals surface area contributed by atoms with Crippen LogP contribution < -0.4 is 5.56 Å². The first kappa shape index (κ1) is 15.1. The molecule has 0 aliphatic heterocycles. The van der Waals surface area contributed by atoms with Crippen LogP contribution in [0.4, 0.5) is 0 Å². The Morgan fingerprint density at radius 3 is 3.05 bits per heavy atom. The zero-order valence-electron chi connectivity index (χ0n) is 10.8. The highest BCUT2D eigenvalue weighted by atomic mass is 79.9. The fourth-order valence-corrected chi connectivity index (χ4v) is 2.78.